The van der Waals surface area contributed by atoms with Crippen LogP contribution in [0.3, 0.4) is 0 Å². The van der Waals surface area contributed by atoms with Gasteiger partial charge in [-0.05, 0) is 58.6 Å². The minimum absolute atomic E-state index is 0.0953. The molecule has 188 valence electrons. The number of hydrogen-bond donors (Lipinski definition) is 0. The molecule has 0 N–H and O–H groups in total. The minimum atomic E-state index is -0.641. The van der Waals surface area contributed by atoms with Crippen molar-refractivity contribution >= 4 is 30.5 Å². The molecule has 35 heavy (non-hydrogen) atoms. The molecule has 1 saturated heterocycles. The quantitative estimate of drug-likeness (QED) is 0.495. The molecule has 6 heteroatoms. The first-order valence-electron chi connectivity index (χ1n) is 13.0. The lowest BCUT2D eigenvalue weighted by molar-refractivity contribution is 0.124. The minimum Gasteiger partial charge on any atom is -0.477 e. The van der Waals surface area contributed by atoms with Crippen LogP contribution < -0.4 is 10.6 Å². The fourth-order valence-corrected chi connectivity index (χ4v) is 8.19. The summed E-state index contributed by atoms with van der Waals surface area (Å²) in [6.07, 6.45) is 0.870. The molecule has 0 radical (unpaired) electrons. The third kappa shape index (κ3) is 5.56. The lowest BCUT2D eigenvalue weighted by Crippen LogP contribution is -2.52. The summed E-state index contributed by atoms with van der Waals surface area (Å²) < 4.78 is 6.18. The largest absolute Gasteiger partial charge is 0.477 e. The molecule has 4 rings (SSSR count). The molecule has 2 aliphatic rings. The van der Waals surface area contributed by atoms with E-state index in [-0.39, 0.29) is 30.2 Å². The van der Waals surface area contributed by atoms with Gasteiger partial charge >= 0.3 is 6.03 Å². The first kappa shape index (κ1) is 25.7. The molecule has 2 aromatic rings. The van der Waals surface area contributed by atoms with Gasteiger partial charge in [0.1, 0.15) is 12.6 Å². The summed E-state index contributed by atoms with van der Waals surface area (Å²) in [5.41, 5.74) is 0.328. The van der Waals surface area contributed by atoms with E-state index in [2.05, 4.69) is 107 Å². The second-order valence-electron chi connectivity index (χ2n) is 10.6. The standard InChI is InChI=1S/C29H40N3O2P/c1-20(2)26-19-34-28(30-26)27-17-25(18-31(27)29(33)32(21(3)4)22(5)6)35(23-13-9-7-10-14-23)24-15-11-8-12-16-24/h7-16,20-22,25-27H,17-19H2,1-6H3/t25-,26+,27-/m0/s1. The number of rotatable bonds is 7. The fraction of sp³-hybridized carbons (Fsp3) is 0.517. The van der Waals surface area contributed by atoms with Crippen LogP contribution in [0.1, 0.15) is 48.0 Å². The van der Waals surface area contributed by atoms with Gasteiger partial charge in [0.15, 0.2) is 0 Å². The summed E-state index contributed by atoms with van der Waals surface area (Å²) in [7, 11) is -0.641. The summed E-state index contributed by atoms with van der Waals surface area (Å²) in [6.45, 7) is 14.1. The Morgan fingerprint density at radius 1 is 0.943 bits per heavy atom. The van der Waals surface area contributed by atoms with Gasteiger partial charge in [-0.1, -0.05) is 74.5 Å². The summed E-state index contributed by atoms with van der Waals surface area (Å²) in [4.78, 5) is 23.0. The van der Waals surface area contributed by atoms with Crippen LogP contribution in [0.4, 0.5) is 4.79 Å². The zero-order valence-corrected chi connectivity index (χ0v) is 22.9. The summed E-state index contributed by atoms with van der Waals surface area (Å²) >= 11 is 0. The Labute approximate surface area is 212 Å². The number of urea groups is 1. The smallest absolute Gasteiger partial charge is 0.321 e. The van der Waals surface area contributed by atoms with Crippen LogP contribution in [0.15, 0.2) is 65.7 Å². The van der Waals surface area contributed by atoms with Crippen LogP contribution >= 0.6 is 7.92 Å². The van der Waals surface area contributed by atoms with Crippen LogP contribution in [0.25, 0.3) is 0 Å². The van der Waals surface area contributed by atoms with Crippen LogP contribution in [0.2, 0.25) is 0 Å². The van der Waals surface area contributed by atoms with E-state index in [0.717, 1.165) is 12.3 Å². The Balaban J connectivity index is 1.72. The molecule has 0 spiro atoms. The van der Waals surface area contributed by atoms with Gasteiger partial charge in [0.05, 0.1) is 6.04 Å². The molecular weight excluding hydrogens is 453 g/mol. The molecule has 5 nitrogen and oxygen atoms in total. The monoisotopic (exact) mass is 493 g/mol. The van der Waals surface area contributed by atoms with Gasteiger partial charge in [0.2, 0.25) is 5.90 Å². The maximum atomic E-state index is 14.0. The second kappa shape index (κ2) is 11.1. The Kier molecular flexibility index (Phi) is 8.16. The number of nitrogens with zero attached hydrogens (tertiary/aromatic N) is 3. The SMILES string of the molecule is CC(C)[C@H]1COC([C@@H]2C[C@H](P(c3ccccc3)c3ccccc3)CN2C(=O)N(C(C)C)C(C)C)=N1. The van der Waals surface area contributed by atoms with Gasteiger partial charge < -0.3 is 14.5 Å². The maximum absolute atomic E-state index is 14.0. The summed E-state index contributed by atoms with van der Waals surface area (Å²) in [5, 5.41) is 2.70. The Morgan fingerprint density at radius 3 is 1.94 bits per heavy atom. The van der Waals surface area contributed by atoms with Crippen molar-refractivity contribution < 1.29 is 9.53 Å². The van der Waals surface area contributed by atoms with Gasteiger partial charge in [-0.3, -0.25) is 0 Å². The zero-order valence-electron chi connectivity index (χ0n) is 22.0. The Morgan fingerprint density at radius 2 is 1.49 bits per heavy atom. The van der Waals surface area contributed by atoms with Gasteiger partial charge in [0, 0.05) is 24.3 Å². The third-order valence-electron chi connectivity index (χ3n) is 7.04. The molecule has 0 unspecified atom stereocenters. The first-order chi connectivity index (χ1) is 16.8. The van der Waals surface area contributed by atoms with Crippen molar-refractivity contribution in [2.75, 3.05) is 13.2 Å². The lowest BCUT2D eigenvalue weighted by Gasteiger charge is -2.36. The Hall–Kier alpha value is -2.39. The maximum Gasteiger partial charge on any atom is 0.321 e. The summed E-state index contributed by atoms with van der Waals surface area (Å²) in [5.74, 6) is 1.17. The number of carbonyl (C=O) groups is 1. The van der Waals surface area contributed by atoms with Crippen molar-refractivity contribution in [3.63, 3.8) is 0 Å². The Bertz CT molecular complexity index is 962. The number of ether oxygens (including phenoxy) is 1. The highest BCUT2D eigenvalue weighted by molar-refractivity contribution is 7.73. The average Bonchev–Trinajstić information content (AvgIpc) is 3.48. The lowest BCUT2D eigenvalue weighted by atomic mass is 10.1. The highest BCUT2D eigenvalue weighted by atomic mass is 31.1. The molecule has 2 aromatic carbocycles. The molecule has 2 heterocycles. The molecule has 0 saturated carbocycles. The molecule has 3 atom stereocenters. The van der Waals surface area contributed by atoms with Crippen molar-refractivity contribution in [3.8, 4) is 0 Å². The molecule has 1 fully saturated rings. The van der Waals surface area contributed by atoms with E-state index in [4.69, 9.17) is 9.73 Å². The van der Waals surface area contributed by atoms with Gasteiger partial charge in [-0.15, -0.1) is 0 Å². The second-order valence-corrected chi connectivity index (χ2v) is 13.1. The van der Waals surface area contributed by atoms with Gasteiger partial charge in [0.25, 0.3) is 0 Å². The van der Waals surface area contributed by atoms with Crippen molar-refractivity contribution in [2.45, 2.75) is 77.8 Å². The first-order valence-corrected chi connectivity index (χ1v) is 14.4. The van der Waals surface area contributed by atoms with E-state index < -0.39 is 7.92 Å². The molecule has 0 aromatic heterocycles. The number of amides is 2. The average molecular weight is 494 g/mol. The third-order valence-corrected chi connectivity index (χ3v) is 9.86. The fourth-order valence-electron chi connectivity index (χ4n) is 5.31. The molecular formula is C29H40N3O2P. The van der Waals surface area contributed by atoms with E-state index >= 15 is 0 Å². The normalized spacial score (nSPS) is 22.3. The number of carbonyl (C=O) groups excluding carboxylic acids is 1. The summed E-state index contributed by atoms with van der Waals surface area (Å²) in [6, 6.07) is 22.0. The van der Waals surface area contributed by atoms with E-state index in [1.165, 1.54) is 10.6 Å². The van der Waals surface area contributed by atoms with Crippen LogP contribution in [-0.2, 0) is 4.74 Å². The van der Waals surface area contributed by atoms with Gasteiger partial charge in [-0.2, -0.15) is 0 Å². The van der Waals surface area contributed by atoms with Crippen molar-refractivity contribution in [2.24, 2.45) is 10.9 Å². The molecule has 2 aliphatic heterocycles. The van der Waals surface area contributed by atoms with Crippen molar-refractivity contribution in [1.82, 2.24) is 9.80 Å². The molecule has 0 aliphatic carbocycles. The highest BCUT2D eigenvalue weighted by Crippen LogP contribution is 2.46. The zero-order chi connectivity index (χ0) is 25.1. The van der Waals surface area contributed by atoms with E-state index in [1.807, 2.05) is 4.90 Å². The molecule has 0 bridgehead atoms. The number of aliphatic imine (C=N–C) groups is 1. The predicted molar refractivity (Wildman–Crippen MR) is 147 cm³/mol. The molecule has 2 amide bonds. The van der Waals surface area contributed by atoms with Gasteiger partial charge in [-0.25, -0.2) is 9.79 Å². The van der Waals surface area contributed by atoms with E-state index in [0.29, 0.717) is 24.7 Å². The van der Waals surface area contributed by atoms with Crippen LogP contribution in [-0.4, -0.2) is 64.7 Å². The predicted octanol–water partition coefficient (Wildman–Crippen LogP) is 5.25. The van der Waals surface area contributed by atoms with Crippen molar-refractivity contribution in [1.29, 1.82) is 0 Å². The van der Waals surface area contributed by atoms with Crippen LogP contribution in [0, 0.1) is 5.92 Å². The number of likely N-dealkylation sites (tertiary alicyclic amines) is 1. The topological polar surface area (TPSA) is 45.1 Å². The van der Waals surface area contributed by atoms with E-state index in [1.54, 1.807) is 0 Å². The van der Waals surface area contributed by atoms with E-state index in [9.17, 15) is 4.79 Å². The number of hydrogen-bond acceptors (Lipinski definition) is 3. The highest BCUT2D eigenvalue weighted by Gasteiger charge is 2.46. The van der Waals surface area contributed by atoms with Crippen molar-refractivity contribution in [3.05, 3.63) is 60.7 Å². The number of benzene rings is 2. The van der Waals surface area contributed by atoms with Crippen LogP contribution in [0.5, 0.6) is 0 Å².